The second kappa shape index (κ2) is 6.52. The zero-order chi connectivity index (χ0) is 13.7. The minimum absolute atomic E-state index is 0.0216. The maximum atomic E-state index is 12.4. The molecule has 2 rings (SSSR count). The molecule has 1 aliphatic rings. The van der Waals surface area contributed by atoms with Crippen molar-refractivity contribution >= 4 is 5.91 Å². The summed E-state index contributed by atoms with van der Waals surface area (Å²) >= 11 is 0. The standard InChI is InChI=1S/C14H21N3O2/c1-17(10-11-5-3-4-7-16-11)14(18)12-6-8-15-9-13(12)19-2/h6,8-9,11,16H,3-5,7,10H2,1-2H3. The van der Waals surface area contributed by atoms with Crippen LogP contribution in [-0.2, 0) is 0 Å². The second-order valence-corrected chi connectivity index (χ2v) is 4.91. The Labute approximate surface area is 114 Å². The number of likely N-dealkylation sites (N-methyl/N-ethyl adjacent to an activating group) is 1. The van der Waals surface area contributed by atoms with E-state index in [2.05, 4.69) is 10.3 Å². The van der Waals surface area contributed by atoms with Crippen molar-refractivity contribution in [3.63, 3.8) is 0 Å². The molecule has 0 saturated carbocycles. The molecule has 1 aromatic rings. The van der Waals surface area contributed by atoms with E-state index >= 15 is 0 Å². The lowest BCUT2D eigenvalue weighted by molar-refractivity contribution is 0.0772. The number of carbonyl (C=O) groups excluding carboxylic acids is 1. The molecule has 1 aliphatic heterocycles. The Morgan fingerprint density at radius 3 is 3.11 bits per heavy atom. The highest BCUT2D eigenvalue weighted by Gasteiger charge is 2.20. The highest BCUT2D eigenvalue weighted by molar-refractivity contribution is 5.96. The number of methoxy groups -OCH3 is 1. The predicted octanol–water partition coefficient (Wildman–Crippen LogP) is 1.30. The van der Waals surface area contributed by atoms with Crippen LogP contribution in [0.5, 0.6) is 5.75 Å². The monoisotopic (exact) mass is 263 g/mol. The van der Waals surface area contributed by atoms with E-state index in [1.54, 1.807) is 30.5 Å². The SMILES string of the molecule is COc1cnccc1C(=O)N(C)CC1CCCCN1. The minimum atomic E-state index is -0.0216. The number of hydrogen-bond donors (Lipinski definition) is 1. The Kier molecular flexibility index (Phi) is 4.74. The van der Waals surface area contributed by atoms with Crippen molar-refractivity contribution < 1.29 is 9.53 Å². The molecule has 0 aliphatic carbocycles. The van der Waals surface area contributed by atoms with Crippen LogP contribution in [0, 0.1) is 0 Å². The van der Waals surface area contributed by atoms with Gasteiger partial charge < -0.3 is 15.0 Å². The first kappa shape index (κ1) is 13.8. The van der Waals surface area contributed by atoms with E-state index in [-0.39, 0.29) is 5.91 Å². The molecule has 5 heteroatoms. The Morgan fingerprint density at radius 2 is 2.42 bits per heavy atom. The quantitative estimate of drug-likeness (QED) is 0.889. The maximum Gasteiger partial charge on any atom is 0.257 e. The van der Waals surface area contributed by atoms with Crippen LogP contribution in [0.1, 0.15) is 29.6 Å². The summed E-state index contributed by atoms with van der Waals surface area (Å²) < 4.78 is 5.18. The first-order valence-corrected chi connectivity index (χ1v) is 6.69. The van der Waals surface area contributed by atoms with Gasteiger partial charge >= 0.3 is 0 Å². The largest absolute Gasteiger partial charge is 0.494 e. The molecule has 1 saturated heterocycles. The van der Waals surface area contributed by atoms with Gasteiger partial charge in [-0.25, -0.2) is 0 Å². The molecule has 104 valence electrons. The second-order valence-electron chi connectivity index (χ2n) is 4.91. The predicted molar refractivity (Wildman–Crippen MR) is 73.4 cm³/mol. The fourth-order valence-electron chi connectivity index (χ4n) is 2.42. The lowest BCUT2D eigenvalue weighted by Gasteiger charge is -2.28. The fourth-order valence-corrected chi connectivity index (χ4v) is 2.42. The van der Waals surface area contributed by atoms with Crippen LogP contribution in [0.25, 0.3) is 0 Å². The van der Waals surface area contributed by atoms with Crippen molar-refractivity contribution in [3.05, 3.63) is 24.0 Å². The molecule has 0 bridgehead atoms. The van der Waals surface area contributed by atoms with E-state index in [4.69, 9.17) is 4.74 Å². The van der Waals surface area contributed by atoms with Gasteiger partial charge in [-0.3, -0.25) is 9.78 Å². The van der Waals surface area contributed by atoms with Gasteiger partial charge in [0.25, 0.3) is 5.91 Å². The van der Waals surface area contributed by atoms with Crippen molar-refractivity contribution in [2.75, 3.05) is 27.2 Å². The van der Waals surface area contributed by atoms with E-state index < -0.39 is 0 Å². The third-order valence-corrected chi connectivity index (χ3v) is 3.49. The summed E-state index contributed by atoms with van der Waals surface area (Å²) in [6.45, 7) is 1.77. The topological polar surface area (TPSA) is 54.5 Å². The van der Waals surface area contributed by atoms with E-state index in [1.165, 1.54) is 12.8 Å². The number of pyridine rings is 1. The number of hydrogen-bond acceptors (Lipinski definition) is 4. The van der Waals surface area contributed by atoms with E-state index in [1.807, 2.05) is 7.05 Å². The molecule has 5 nitrogen and oxygen atoms in total. The number of ether oxygens (including phenoxy) is 1. The fraction of sp³-hybridized carbons (Fsp3) is 0.571. The van der Waals surface area contributed by atoms with Gasteiger partial charge in [-0.1, -0.05) is 6.42 Å². The van der Waals surface area contributed by atoms with Crippen LogP contribution >= 0.6 is 0 Å². The van der Waals surface area contributed by atoms with Gasteiger partial charge in [0.05, 0.1) is 18.9 Å². The summed E-state index contributed by atoms with van der Waals surface area (Å²) in [5.74, 6) is 0.502. The number of amides is 1. The summed E-state index contributed by atoms with van der Waals surface area (Å²) in [6, 6.07) is 2.10. The first-order chi connectivity index (χ1) is 9.22. The molecule has 2 heterocycles. The van der Waals surface area contributed by atoms with E-state index in [9.17, 15) is 4.79 Å². The van der Waals surface area contributed by atoms with Gasteiger partial charge in [0.1, 0.15) is 5.75 Å². The Bertz CT molecular complexity index is 430. The van der Waals surface area contributed by atoms with E-state index in [0.717, 1.165) is 19.5 Å². The van der Waals surface area contributed by atoms with Crippen molar-refractivity contribution in [1.82, 2.24) is 15.2 Å². The molecule has 0 aromatic carbocycles. The summed E-state index contributed by atoms with van der Waals surface area (Å²) in [5.41, 5.74) is 0.566. The summed E-state index contributed by atoms with van der Waals surface area (Å²) in [5, 5.41) is 3.45. The van der Waals surface area contributed by atoms with Crippen LogP contribution in [0.2, 0.25) is 0 Å². The van der Waals surface area contributed by atoms with Gasteiger partial charge in [-0.15, -0.1) is 0 Å². The maximum absolute atomic E-state index is 12.4. The highest BCUT2D eigenvalue weighted by Crippen LogP contribution is 2.18. The van der Waals surface area contributed by atoms with Crippen LogP contribution in [0.15, 0.2) is 18.5 Å². The van der Waals surface area contributed by atoms with Gasteiger partial charge in [0.2, 0.25) is 0 Å². The molecular formula is C14H21N3O2. The number of piperidine rings is 1. The lowest BCUT2D eigenvalue weighted by atomic mass is 10.0. The Morgan fingerprint density at radius 1 is 1.58 bits per heavy atom. The molecule has 1 amide bonds. The van der Waals surface area contributed by atoms with Crippen LogP contribution in [0.3, 0.4) is 0 Å². The molecular weight excluding hydrogens is 242 g/mol. The molecule has 1 fully saturated rings. The normalized spacial score (nSPS) is 18.9. The van der Waals surface area contributed by atoms with E-state index in [0.29, 0.717) is 17.4 Å². The minimum Gasteiger partial charge on any atom is -0.494 e. The summed E-state index contributed by atoms with van der Waals surface area (Å²) in [4.78, 5) is 18.1. The van der Waals surface area contributed by atoms with Crippen molar-refractivity contribution in [3.8, 4) is 5.75 Å². The summed E-state index contributed by atoms with van der Waals surface area (Å²) in [6.07, 6.45) is 6.78. The van der Waals surface area contributed by atoms with Crippen molar-refractivity contribution in [2.45, 2.75) is 25.3 Å². The smallest absolute Gasteiger partial charge is 0.257 e. The number of rotatable bonds is 4. The first-order valence-electron chi connectivity index (χ1n) is 6.69. The number of aromatic nitrogens is 1. The molecule has 1 aromatic heterocycles. The molecule has 1 unspecified atom stereocenters. The molecule has 0 radical (unpaired) electrons. The highest BCUT2D eigenvalue weighted by atomic mass is 16.5. The lowest BCUT2D eigenvalue weighted by Crippen LogP contribution is -2.44. The van der Waals surface area contributed by atoms with Gasteiger partial charge in [-0.05, 0) is 25.5 Å². The zero-order valence-electron chi connectivity index (χ0n) is 11.6. The Hall–Kier alpha value is -1.62. The average Bonchev–Trinajstić information content (AvgIpc) is 2.47. The van der Waals surface area contributed by atoms with Crippen LogP contribution in [-0.4, -0.2) is 49.1 Å². The number of nitrogens with zero attached hydrogens (tertiary/aromatic N) is 2. The third kappa shape index (κ3) is 3.44. The van der Waals surface area contributed by atoms with Crippen molar-refractivity contribution in [2.24, 2.45) is 0 Å². The third-order valence-electron chi connectivity index (χ3n) is 3.49. The molecule has 1 N–H and O–H groups in total. The Balaban J connectivity index is 2.01. The summed E-state index contributed by atoms with van der Waals surface area (Å²) in [7, 11) is 3.38. The average molecular weight is 263 g/mol. The molecule has 19 heavy (non-hydrogen) atoms. The van der Waals surface area contributed by atoms with Crippen LogP contribution < -0.4 is 10.1 Å². The molecule has 1 atom stereocenters. The van der Waals surface area contributed by atoms with Gasteiger partial charge in [-0.2, -0.15) is 0 Å². The molecule has 0 spiro atoms. The van der Waals surface area contributed by atoms with Gasteiger partial charge in [0.15, 0.2) is 0 Å². The zero-order valence-corrected chi connectivity index (χ0v) is 11.6. The van der Waals surface area contributed by atoms with Crippen molar-refractivity contribution in [1.29, 1.82) is 0 Å². The van der Waals surface area contributed by atoms with Gasteiger partial charge in [0, 0.05) is 25.8 Å². The number of carbonyl (C=O) groups is 1. The van der Waals surface area contributed by atoms with Crippen LogP contribution in [0.4, 0.5) is 0 Å². The number of nitrogens with one attached hydrogen (secondary N) is 1.